The van der Waals surface area contributed by atoms with Crippen molar-refractivity contribution in [1.82, 2.24) is 0 Å². The number of Topliss-reactive ketones (excluding diaryl/α,β-unsaturated/α-hetero) is 1. The Labute approximate surface area is 259 Å². The first-order chi connectivity index (χ1) is 20.3. The Kier molecular flexibility index (Phi) is 8.12. The zero-order valence-electron chi connectivity index (χ0n) is 24.2. The molecule has 2 aliphatic rings. The number of hydrogen-bond donors (Lipinski definition) is 1. The Balaban J connectivity index is 1.68. The molecule has 10 heteroatoms. The molecule has 0 fully saturated rings. The van der Waals surface area contributed by atoms with E-state index in [9.17, 15) is 24.6 Å². The van der Waals surface area contributed by atoms with Gasteiger partial charge in [-0.15, -0.1) is 11.8 Å². The van der Waals surface area contributed by atoms with Crippen LogP contribution >= 0.6 is 23.4 Å². The zero-order chi connectivity index (χ0) is 31.2. The average Bonchev–Trinajstić information content (AvgIpc) is 2.93. The zero-order valence-corrected chi connectivity index (χ0v) is 25.8. The van der Waals surface area contributed by atoms with Gasteiger partial charge < -0.3 is 5.73 Å². The highest BCUT2D eigenvalue weighted by atomic mass is 35.5. The number of carbonyl (C=O) groups excluding carboxylic acids is 1. The number of benzene rings is 3. The summed E-state index contributed by atoms with van der Waals surface area (Å²) in [6.45, 7) is 7.94. The number of nitriles is 1. The van der Waals surface area contributed by atoms with Gasteiger partial charge in [0.1, 0.15) is 16.7 Å². The van der Waals surface area contributed by atoms with Crippen molar-refractivity contribution in [3.63, 3.8) is 0 Å². The largest absolute Gasteiger partial charge is 0.384 e. The summed E-state index contributed by atoms with van der Waals surface area (Å²) < 4.78 is 13.4. The maximum absolute atomic E-state index is 14.0. The molecule has 0 saturated heterocycles. The topological polar surface area (TPSA) is 113 Å². The number of hydrogen-bond acceptors (Lipinski definition) is 7. The molecular formula is C33H30ClFN4O3S. The monoisotopic (exact) mass is 616 g/mol. The number of nitro benzene ring substituents is 1. The average molecular weight is 617 g/mol. The van der Waals surface area contributed by atoms with Gasteiger partial charge in [-0.25, -0.2) is 4.39 Å². The van der Waals surface area contributed by atoms with Crippen molar-refractivity contribution in [3.05, 3.63) is 120 Å². The lowest BCUT2D eigenvalue weighted by molar-refractivity contribution is -0.384. The molecule has 5 rings (SSSR count). The van der Waals surface area contributed by atoms with Gasteiger partial charge in [-0.3, -0.25) is 19.8 Å². The van der Waals surface area contributed by atoms with Gasteiger partial charge in [0.15, 0.2) is 5.78 Å². The van der Waals surface area contributed by atoms with Crippen LogP contribution in [0.3, 0.4) is 0 Å². The van der Waals surface area contributed by atoms with Crippen molar-refractivity contribution in [2.24, 2.45) is 11.1 Å². The highest BCUT2D eigenvalue weighted by Gasteiger charge is 2.45. The van der Waals surface area contributed by atoms with Gasteiger partial charge in [0.25, 0.3) is 5.69 Å². The molecule has 1 aliphatic carbocycles. The van der Waals surface area contributed by atoms with Gasteiger partial charge in [-0.2, -0.15) is 5.26 Å². The van der Waals surface area contributed by atoms with Crippen molar-refractivity contribution in [1.29, 1.82) is 5.26 Å². The Hall–Kier alpha value is -4.13. The quantitative estimate of drug-likeness (QED) is 0.168. The van der Waals surface area contributed by atoms with Crippen LogP contribution in [-0.2, 0) is 10.5 Å². The maximum atomic E-state index is 14.0. The van der Waals surface area contributed by atoms with Gasteiger partial charge in [0.2, 0.25) is 0 Å². The number of anilines is 1. The van der Waals surface area contributed by atoms with E-state index in [0.29, 0.717) is 29.1 Å². The van der Waals surface area contributed by atoms with Gasteiger partial charge in [-0.05, 0) is 78.8 Å². The molecule has 2 N–H and O–H groups in total. The van der Waals surface area contributed by atoms with Crippen molar-refractivity contribution >= 4 is 40.5 Å². The Morgan fingerprint density at radius 3 is 2.51 bits per heavy atom. The number of nitrogens with zero attached hydrogens (tertiary/aromatic N) is 3. The van der Waals surface area contributed by atoms with Crippen LogP contribution in [0.2, 0.25) is 5.02 Å². The molecule has 1 heterocycles. The summed E-state index contributed by atoms with van der Waals surface area (Å²) in [5.41, 5.74) is 11.5. The van der Waals surface area contributed by atoms with Gasteiger partial charge >= 0.3 is 0 Å². The van der Waals surface area contributed by atoms with Crippen LogP contribution in [0.4, 0.5) is 15.8 Å². The third-order valence-corrected chi connectivity index (χ3v) is 9.36. The van der Waals surface area contributed by atoms with Crippen molar-refractivity contribution in [2.75, 3.05) is 4.90 Å². The van der Waals surface area contributed by atoms with Crippen LogP contribution in [0, 0.1) is 46.5 Å². The minimum atomic E-state index is -0.698. The van der Waals surface area contributed by atoms with Crippen LogP contribution in [-0.4, -0.2) is 10.7 Å². The van der Waals surface area contributed by atoms with E-state index in [2.05, 4.69) is 12.1 Å². The number of rotatable bonds is 6. The van der Waals surface area contributed by atoms with Gasteiger partial charge in [0, 0.05) is 34.4 Å². The lowest BCUT2D eigenvalue weighted by Gasteiger charge is -2.44. The SMILES string of the molecule is Cc1cc(CSc2ccc(F)cc2)c(C)c(C2C(C#N)=C(N)N(c3ccc(Cl)c([N+](=O)[O-])c3)C3=C2C(=O)CC(C)(C)C3)c1. The van der Waals surface area contributed by atoms with E-state index < -0.39 is 16.3 Å². The van der Waals surface area contributed by atoms with Crippen LogP contribution in [0.5, 0.6) is 0 Å². The highest BCUT2D eigenvalue weighted by Crippen LogP contribution is 2.51. The third kappa shape index (κ3) is 5.77. The molecule has 0 radical (unpaired) electrons. The molecule has 0 saturated carbocycles. The van der Waals surface area contributed by atoms with Gasteiger partial charge in [0.05, 0.1) is 28.2 Å². The van der Waals surface area contributed by atoms with E-state index in [0.717, 1.165) is 27.1 Å². The summed E-state index contributed by atoms with van der Waals surface area (Å²) in [6, 6.07) is 17.0. The van der Waals surface area contributed by atoms with Crippen LogP contribution < -0.4 is 10.6 Å². The number of halogens is 2. The predicted molar refractivity (Wildman–Crippen MR) is 167 cm³/mol. The summed E-state index contributed by atoms with van der Waals surface area (Å²) in [5, 5.41) is 22.2. The minimum Gasteiger partial charge on any atom is -0.384 e. The van der Waals surface area contributed by atoms with E-state index >= 15 is 0 Å². The Bertz CT molecular complexity index is 1780. The molecule has 1 unspecified atom stereocenters. The number of ketones is 1. The second-order valence-electron chi connectivity index (χ2n) is 11.8. The van der Waals surface area contributed by atoms with Crippen LogP contribution in [0.15, 0.2) is 82.2 Å². The molecule has 7 nitrogen and oxygen atoms in total. The first-order valence-corrected chi connectivity index (χ1v) is 15.1. The molecule has 3 aromatic carbocycles. The van der Waals surface area contributed by atoms with Crippen molar-refractivity contribution in [3.8, 4) is 6.07 Å². The molecule has 1 aliphatic heterocycles. The van der Waals surface area contributed by atoms with Crippen molar-refractivity contribution < 1.29 is 14.1 Å². The molecule has 0 aromatic heterocycles. The van der Waals surface area contributed by atoms with E-state index in [-0.39, 0.29) is 40.1 Å². The fourth-order valence-corrected chi connectivity index (χ4v) is 7.14. The van der Waals surface area contributed by atoms with E-state index in [1.807, 2.05) is 33.8 Å². The molecule has 0 spiro atoms. The minimum absolute atomic E-state index is 0.0256. The standard InChI is InChI=1S/C33H30ClFN4O3S/c1-18-11-20(17-43-23-8-5-21(35)6-9-23)19(2)24(12-18)30-25(16-36)32(37)38(22-7-10-26(34)27(13-22)39(41)42)28-14-33(3,4)15-29(40)31(28)30/h5-13,30H,14-15,17,37H2,1-4H3. The second kappa shape index (κ2) is 11.5. The number of nitro groups is 1. The summed E-state index contributed by atoms with van der Waals surface area (Å²) in [5.74, 6) is -0.357. The lowest BCUT2D eigenvalue weighted by Crippen LogP contribution is -2.42. The molecular weight excluding hydrogens is 587 g/mol. The molecule has 1 atom stereocenters. The van der Waals surface area contributed by atoms with Crippen LogP contribution in [0.1, 0.15) is 54.9 Å². The number of thioether (sulfide) groups is 1. The van der Waals surface area contributed by atoms with E-state index in [1.165, 1.54) is 24.3 Å². The fraction of sp³-hybridized carbons (Fsp3) is 0.273. The first-order valence-electron chi connectivity index (χ1n) is 13.7. The Morgan fingerprint density at radius 2 is 1.86 bits per heavy atom. The van der Waals surface area contributed by atoms with E-state index in [4.69, 9.17) is 17.3 Å². The molecule has 43 heavy (non-hydrogen) atoms. The second-order valence-corrected chi connectivity index (χ2v) is 13.2. The smallest absolute Gasteiger partial charge is 0.289 e. The lowest BCUT2D eigenvalue weighted by atomic mass is 9.68. The first kappa shape index (κ1) is 30.3. The molecule has 0 amide bonds. The summed E-state index contributed by atoms with van der Waals surface area (Å²) >= 11 is 7.68. The predicted octanol–water partition coefficient (Wildman–Crippen LogP) is 8.24. The molecule has 3 aromatic rings. The third-order valence-electron chi connectivity index (χ3n) is 7.98. The number of allylic oxidation sites excluding steroid dienone is 3. The molecule has 220 valence electrons. The molecule has 0 bridgehead atoms. The van der Waals surface area contributed by atoms with E-state index in [1.54, 1.807) is 34.9 Å². The van der Waals surface area contributed by atoms with Gasteiger partial charge in [-0.1, -0.05) is 43.1 Å². The number of nitrogens with two attached hydrogens (primary N) is 1. The normalized spacial score (nSPS) is 18.0. The summed E-state index contributed by atoms with van der Waals surface area (Å²) in [7, 11) is 0. The number of carbonyl (C=O) groups is 1. The Morgan fingerprint density at radius 1 is 1.16 bits per heavy atom. The summed E-state index contributed by atoms with van der Waals surface area (Å²) in [6.07, 6.45) is 0.756. The fourth-order valence-electron chi connectivity index (χ4n) is 6.00. The van der Waals surface area contributed by atoms with Crippen LogP contribution in [0.25, 0.3) is 0 Å². The van der Waals surface area contributed by atoms with Crippen molar-refractivity contribution in [2.45, 2.75) is 57.1 Å². The maximum Gasteiger partial charge on any atom is 0.289 e. The number of aryl methyl sites for hydroxylation is 1. The highest BCUT2D eigenvalue weighted by molar-refractivity contribution is 7.98. The summed E-state index contributed by atoms with van der Waals surface area (Å²) in [4.78, 5) is 27.7.